The number of nitrogens with zero attached hydrogens (tertiary/aromatic N) is 1. The molecule has 1 N–H and O–H groups in total. The molecule has 1 unspecified atom stereocenters. The maximum Gasteiger partial charge on any atom is 0.118 e. The van der Waals surface area contributed by atoms with Crippen LogP contribution in [0.25, 0.3) is 11.1 Å². The number of benzene rings is 3. The summed E-state index contributed by atoms with van der Waals surface area (Å²) in [6.07, 6.45) is 2.46. The molecule has 0 spiro atoms. The van der Waals surface area contributed by atoms with Crippen molar-refractivity contribution in [3.63, 3.8) is 0 Å². The number of aliphatic hydroxyl groups excluding tert-OH is 1. The summed E-state index contributed by atoms with van der Waals surface area (Å²) >= 11 is 0. The van der Waals surface area contributed by atoms with Gasteiger partial charge in [0.25, 0.3) is 0 Å². The van der Waals surface area contributed by atoms with Gasteiger partial charge in [-0.1, -0.05) is 66.7 Å². The molecule has 1 saturated heterocycles. The molecule has 0 radical (unpaired) electrons. The monoisotopic (exact) mass is 373 g/mol. The van der Waals surface area contributed by atoms with Crippen molar-refractivity contribution in [2.45, 2.75) is 38.1 Å². The number of rotatable bonds is 6. The second-order valence-electron chi connectivity index (χ2n) is 7.50. The fraction of sp³-hybridized carbons (Fsp3) is 0.280. The Hall–Kier alpha value is -2.62. The summed E-state index contributed by atoms with van der Waals surface area (Å²) in [5.41, 5.74) is 5.00. The third kappa shape index (κ3) is 4.27. The Morgan fingerprint density at radius 2 is 1.46 bits per heavy atom. The Kier molecular flexibility index (Phi) is 5.75. The first-order valence-corrected chi connectivity index (χ1v) is 9.94. The summed E-state index contributed by atoms with van der Waals surface area (Å²) in [6, 6.07) is 27.8. The Bertz CT molecular complexity index is 875. The number of hydrogen-bond acceptors (Lipinski definition) is 3. The van der Waals surface area contributed by atoms with Gasteiger partial charge in [0.15, 0.2) is 0 Å². The van der Waals surface area contributed by atoms with Crippen LogP contribution in [-0.2, 0) is 13.0 Å². The number of ether oxygens (including phenoxy) is 1. The van der Waals surface area contributed by atoms with E-state index in [1.807, 2.05) is 18.2 Å². The minimum atomic E-state index is -0.365. The maximum absolute atomic E-state index is 10.5. The summed E-state index contributed by atoms with van der Waals surface area (Å²) in [5.74, 6) is 0.862. The van der Waals surface area contributed by atoms with Crippen LogP contribution in [0.5, 0.6) is 5.75 Å². The van der Waals surface area contributed by atoms with Crippen molar-refractivity contribution in [2.24, 2.45) is 0 Å². The number of hydrogen-bond donors (Lipinski definition) is 1. The lowest BCUT2D eigenvalue weighted by Gasteiger charge is -2.27. The van der Waals surface area contributed by atoms with E-state index < -0.39 is 0 Å². The molecule has 1 heterocycles. The van der Waals surface area contributed by atoms with E-state index in [4.69, 9.17) is 4.74 Å². The van der Waals surface area contributed by atoms with E-state index in [9.17, 15) is 5.11 Å². The topological polar surface area (TPSA) is 32.7 Å². The molecule has 1 fully saturated rings. The fourth-order valence-corrected chi connectivity index (χ4v) is 4.05. The van der Waals surface area contributed by atoms with Gasteiger partial charge < -0.3 is 9.84 Å². The van der Waals surface area contributed by atoms with E-state index in [2.05, 4.69) is 65.6 Å². The number of aliphatic hydroxyl groups is 1. The molecule has 3 nitrogen and oxygen atoms in total. The molecule has 1 aliphatic heterocycles. The van der Waals surface area contributed by atoms with Gasteiger partial charge in [-0.15, -0.1) is 0 Å². The highest BCUT2D eigenvalue weighted by molar-refractivity contribution is 5.63. The van der Waals surface area contributed by atoms with Crippen LogP contribution in [0.2, 0.25) is 0 Å². The lowest BCUT2D eigenvalue weighted by molar-refractivity contribution is 0.0113. The van der Waals surface area contributed by atoms with Gasteiger partial charge in [0, 0.05) is 12.6 Å². The van der Waals surface area contributed by atoms with E-state index in [1.54, 1.807) is 7.11 Å². The van der Waals surface area contributed by atoms with Crippen molar-refractivity contribution in [3.05, 3.63) is 90.0 Å². The molecule has 3 aromatic rings. The summed E-state index contributed by atoms with van der Waals surface area (Å²) < 4.78 is 5.24. The quantitative estimate of drug-likeness (QED) is 0.668. The van der Waals surface area contributed by atoms with Crippen molar-refractivity contribution >= 4 is 0 Å². The average Bonchev–Trinajstić information content (AvgIpc) is 3.09. The molecule has 0 bridgehead atoms. The molecular weight excluding hydrogens is 346 g/mol. The second kappa shape index (κ2) is 8.59. The van der Waals surface area contributed by atoms with E-state index in [0.717, 1.165) is 31.6 Å². The Labute approximate surface area is 167 Å². The first-order chi connectivity index (χ1) is 13.7. The predicted molar refractivity (Wildman–Crippen MR) is 113 cm³/mol. The van der Waals surface area contributed by atoms with Crippen LogP contribution in [0.1, 0.15) is 24.0 Å². The summed E-state index contributed by atoms with van der Waals surface area (Å²) in [4.78, 5) is 2.23. The van der Waals surface area contributed by atoms with Gasteiger partial charge in [-0.25, -0.2) is 0 Å². The number of likely N-dealkylation sites (tertiary alicyclic amines) is 1. The highest BCUT2D eigenvalue weighted by Crippen LogP contribution is 2.28. The first kappa shape index (κ1) is 18.7. The molecule has 144 valence electrons. The Balaban J connectivity index is 1.44. The van der Waals surface area contributed by atoms with Crippen LogP contribution in [-0.4, -0.2) is 29.4 Å². The van der Waals surface area contributed by atoms with Crippen LogP contribution < -0.4 is 4.74 Å². The largest absolute Gasteiger partial charge is 0.497 e. The molecule has 1 aliphatic rings. The second-order valence-corrected chi connectivity index (χ2v) is 7.50. The molecule has 2 atom stereocenters. The highest BCUT2D eigenvalue weighted by atomic mass is 16.5. The molecule has 3 aromatic carbocycles. The molecule has 3 heteroatoms. The van der Waals surface area contributed by atoms with Gasteiger partial charge in [0.05, 0.1) is 7.11 Å². The zero-order chi connectivity index (χ0) is 19.3. The van der Waals surface area contributed by atoms with Crippen molar-refractivity contribution in [1.82, 2.24) is 4.90 Å². The van der Waals surface area contributed by atoms with Crippen LogP contribution in [0, 0.1) is 0 Å². The van der Waals surface area contributed by atoms with Gasteiger partial charge >= 0.3 is 0 Å². The summed E-state index contributed by atoms with van der Waals surface area (Å²) in [5, 5.41) is 10.5. The zero-order valence-corrected chi connectivity index (χ0v) is 16.3. The van der Waals surface area contributed by atoms with Crippen molar-refractivity contribution in [1.29, 1.82) is 0 Å². The Morgan fingerprint density at radius 3 is 2.14 bits per heavy atom. The molecular formula is C25H27NO2. The molecule has 0 saturated carbocycles. The van der Waals surface area contributed by atoms with Crippen LogP contribution in [0.3, 0.4) is 0 Å². The van der Waals surface area contributed by atoms with Gasteiger partial charge in [-0.2, -0.15) is 0 Å². The third-order valence-electron chi connectivity index (χ3n) is 5.67. The van der Waals surface area contributed by atoms with Gasteiger partial charge in [0.1, 0.15) is 12.0 Å². The van der Waals surface area contributed by atoms with E-state index in [1.165, 1.54) is 22.3 Å². The molecule has 0 amide bonds. The number of methoxy groups -OCH3 is 1. The van der Waals surface area contributed by atoms with Crippen LogP contribution in [0.4, 0.5) is 0 Å². The van der Waals surface area contributed by atoms with Crippen LogP contribution >= 0.6 is 0 Å². The first-order valence-electron chi connectivity index (χ1n) is 9.94. The third-order valence-corrected chi connectivity index (χ3v) is 5.67. The lowest BCUT2D eigenvalue weighted by atomic mass is 9.99. The molecule has 0 aliphatic carbocycles. The summed E-state index contributed by atoms with van der Waals surface area (Å²) in [7, 11) is 1.68. The minimum Gasteiger partial charge on any atom is -0.497 e. The normalized spacial score (nSPS) is 19.6. The highest BCUT2D eigenvalue weighted by Gasteiger charge is 2.31. The SMILES string of the molecule is COc1ccc(CN2C(O)CC[C@H]2Cc2ccc(-c3ccccc3)cc2)cc1. The maximum atomic E-state index is 10.5. The average molecular weight is 373 g/mol. The standard InChI is InChI=1S/C25H27NO2/c1-28-24-14-9-20(10-15-24)18-26-23(13-16-25(26)27)17-19-7-11-22(12-8-19)21-5-3-2-4-6-21/h2-12,14-15,23,25,27H,13,16-18H2,1H3/t23-,25?/m0/s1. The van der Waals surface area contributed by atoms with E-state index in [0.29, 0.717) is 6.04 Å². The fourth-order valence-electron chi connectivity index (χ4n) is 4.05. The van der Waals surface area contributed by atoms with Crippen molar-refractivity contribution in [3.8, 4) is 16.9 Å². The molecule has 0 aromatic heterocycles. The molecule has 4 rings (SSSR count). The van der Waals surface area contributed by atoms with Gasteiger partial charge in [-0.3, -0.25) is 4.90 Å². The van der Waals surface area contributed by atoms with Crippen LogP contribution in [0.15, 0.2) is 78.9 Å². The van der Waals surface area contributed by atoms with Crippen molar-refractivity contribution < 1.29 is 9.84 Å². The predicted octanol–water partition coefficient (Wildman–Crippen LogP) is 4.89. The smallest absolute Gasteiger partial charge is 0.118 e. The van der Waals surface area contributed by atoms with Gasteiger partial charge in [0.2, 0.25) is 0 Å². The van der Waals surface area contributed by atoms with E-state index >= 15 is 0 Å². The Morgan fingerprint density at radius 1 is 0.821 bits per heavy atom. The van der Waals surface area contributed by atoms with Crippen molar-refractivity contribution in [2.75, 3.05) is 7.11 Å². The lowest BCUT2D eigenvalue weighted by Crippen LogP contribution is -2.36. The van der Waals surface area contributed by atoms with Gasteiger partial charge in [-0.05, 0) is 53.6 Å². The zero-order valence-electron chi connectivity index (χ0n) is 16.3. The summed E-state index contributed by atoms with van der Waals surface area (Å²) in [6.45, 7) is 0.762. The van der Waals surface area contributed by atoms with E-state index in [-0.39, 0.29) is 6.23 Å². The minimum absolute atomic E-state index is 0.361. The molecule has 28 heavy (non-hydrogen) atoms.